The zero-order valence-corrected chi connectivity index (χ0v) is 13.9. The topological polar surface area (TPSA) is 95.9 Å². The number of anilines is 1. The van der Waals surface area contributed by atoms with E-state index in [-0.39, 0.29) is 11.7 Å². The number of hydrogen-bond donors (Lipinski definition) is 1. The van der Waals surface area contributed by atoms with Gasteiger partial charge >= 0.3 is 12.1 Å². The number of hydrogen-bond acceptors (Lipinski definition) is 6. The molecule has 1 aliphatic heterocycles. The first-order chi connectivity index (χ1) is 10.7. The molecule has 9 heteroatoms. The van der Waals surface area contributed by atoms with E-state index < -0.39 is 23.7 Å². The number of carboxylic acids is 1. The molecule has 0 saturated carbocycles. The molecule has 2 rings (SSSR count). The Hall–Kier alpha value is -2.09. The summed E-state index contributed by atoms with van der Waals surface area (Å²) in [6, 6.07) is 2.23. The Balaban J connectivity index is 2.13. The van der Waals surface area contributed by atoms with Crippen LogP contribution in [0.4, 0.5) is 10.6 Å². The van der Waals surface area contributed by atoms with Crippen LogP contribution in [-0.4, -0.2) is 63.5 Å². The van der Waals surface area contributed by atoms with Crippen LogP contribution in [0, 0.1) is 0 Å². The van der Waals surface area contributed by atoms with Crippen LogP contribution in [0.1, 0.15) is 20.8 Å². The molecule has 126 valence electrons. The van der Waals surface area contributed by atoms with Gasteiger partial charge in [-0.1, -0.05) is 11.6 Å². The number of ether oxygens (including phenoxy) is 1. The van der Waals surface area contributed by atoms with Crippen LogP contribution < -0.4 is 4.90 Å². The third-order valence-corrected chi connectivity index (χ3v) is 3.43. The molecule has 1 amide bonds. The molecule has 23 heavy (non-hydrogen) atoms. The van der Waals surface area contributed by atoms with E-state index in [9.17, 15) is 14.7 Å². The van der Waals surface area contributed by atoms with Gasteiger partial charge in [0.25, 0.3) is 0 Å². The van der Waals surface area contributed by atoms with Gasteiger partial charge in [-0.25, -0.2) is 9.59 Å². The number of carbonyl (C=O) groups excluding carboxylic acids is 1. The van der Waals surface area contributed by atoms with Crippen molar-refractivity contribution in [3.8, 4) is 0 Å². The zero-order chi connectivity index (χ0) is 17.2. The minimum atomic E-state index is -1.05. The van der Waals surface area contributed by atoms with Crippen LogP contribution in [0.25, 0.3) is 0 Å². The highest BCUT2D eigenvalue weighted by Gasteiger charge is 2.36. The Morgan fingerprint density at radius 3 is 2.52 bits per heavy atom. The highest BCUT2D eigenvalue weighted by molar-refractivity contribution is 6.29. The van der Waals surface area contributed by atoms with Crippen LogP contribution >= 0.6 is 11.6 Å². The Bertz CT molecular complexity index is 587. The van der Waals surface area contributed by atoms with E-state index in [1.54, 1.807) is 37.8 Å². The Labute approximate surface area is 139 Å². The van der Waals surface area contributed by atoms with Gasteiger partial charge in [-0.05, 0) is 32.9 Å². The Kier molecular flexibility index (Phi) is 4.93. The van der Waals surface area contributed by atoms with Crippen LogP contribution in [0.15, 0.2) is 12.1 Å². The van der Waals surface area contributed by atoms with Crippen LogP contribution in [0.3, 0.4) is 0 Å². The van der Waals surface area contributed by atoms with Crippen LogP contribution in [0.2, 0.25) is 5.15 Å². The molecular formula is C14H19ClN4O4. The lowest BCUT2D eigenvalue weighted by Gasteiger charge is -2.39. The lowest BCUT2D eigenvalue weighted by molar-refractivity contribution is -0.139. The van der Waals surface area contributed by atoms with E-state index in [2.05, 4.69) is 10.2 Å². The number of piperazine rings is 1. The van der Waals surface area contributed by atoms with Gasteiger partial charge in [0.2, 0.25) is 0 Å². The molecule has 1 aliphatic rings. The SMILES string of the molecule is CC(C)(C)OC(=O)N1CCN(c2ccc(Cl)nn2)C(C(=O)O)C1. The first-order valence-corrected chi connectivity index (χ1v) is 7.52. The number of carboxylic acid groups (broad SMARTS) is 1. The molecule has 2 heterocycles. The maximum atomic E-state index is 12.1. The summed E-state index contributed by atoms with van der Waals surface area (Å²) in [5.41, 5.74) is -0.630. The van der Waals surface area contributed by atoms with Gasteiger partial charge in [0.1, 0.15) is 11.6 Å². The van der Waals surface area contributed by atoms with E-state index in [1.807, 2.05) is 0 Å². The van der Waals surface area contributed by atoms with Crippen molar-refractivity contribution in [1.82, 2.24) is 15.1 Å². The van der Waals surface area contributed by atoms with E-state index >= 15 is 0 Å². The van der Waals surface area contributed by atoms with Gasteiger partial charge < -0.3 is 19.6 Å². The summed E-state index contributed by atoms with van der Waals surface area (Å²) in [6.07, 6.45) is -0.523. The summed E-state index contributed by atoms with van der Waals surface area (Å²) in [7, 11) is 0. The zero-order valence-electron chi connectivity index (χ0n) is 13.2. The third kappa shape index (κ3) is 4.44. The van der Waals surface area contributed by atoms with Crippen molar-refractivity contribution < 1.29 is 19.4 Å². The van der Waals surface area contributed by atoms with Crippen molar-refractivity contribution in [3.63, 3.8) is 0 Å². The summed E-state index contributed by atoms with van der Waals surface area (Å²) >= 11 is 5.70. The van der Waals surface area contributed by atoms with Gasteiger partial charge in [0.15, 0.2) is 11.0 Å². The predicted molar refractivity (Wildman–Crippen MR) is 83.6 cm³/mol. The predicted octanol–water partition coefficient (Wildman–Crippen LogP) is 1.64. The molecule has 0 bridgehead atoms. The molecule has 1 N–H and O–H groups in total. The molecule has 0 aromatic carbocycles. The monoisotopic (exact) mass is 342 g/mol. The first-order valence-electron chi connectivity index (χ1n) is 7.14. The van der Waals surface area contributed by atoms with E-state index in [4.69, 9.17) is 16.3 Å². The molecular weight excluding hydrogens is 324 g/mol. The fraction of sp³-hybridized carbons (Fsp3) is 0.571. The average molecular weight is 343 g/mol. The summed E-state index contributed by atoms with van der Waals surface area (Å²) in [5.74, 6) is -0.638. The van der Waals surface area contributed by atoms with Crippen LogP contribution in [-0.2, 0) is 9.53 Å². The van der Waals surface area contributed by atoms with Crippen molar-refractivity contribution in [3.05, 3.63) is 17.3 Å². The molecule has 0 radical (unpaired) electrons. The summed E-state index contributed by atoms with van der Waals surface area (Å²) in [4.78, 5) is 26.7. The maximum absolute atomic E-state index is 12.1. The van der Waals surface area contributed by atoms with Gasteiger partial charge in [-0.2, -0.15) is 0 Å². The largest absolute Gasteiger partial charge is 0.480 e. The second kappa shape index (κ2) is 6.57. The molecule has 0 aliphatic carbocycles. The lowest BCUT2D eigenvalue weighted by atomic mass is 10.1. The number of carbonyl (C=O) groups is 2. The average Bonchev–Trinajstić information content (AvgIpc) is 2.45. The summed E-state index contributed by atoms with van der Waals surface area (Å²) < 4.78 is 5.29. The number of amides is 1. The first kappa shape index (κ1) is 17.3. The number of aromatic nitrogens is 2. The highest BCUT2D eigenvalue weighted by atomic mass is 35.5. The number of nitrogens with zero attached hydrogens (tertiary/aromatic N) is 4. The minimum absolute atomic E-state index is 0.00849. The Morgan fingerprint density at radius 1 is 1.30 bits per heavy atom. The smallest absolute Gasteiger partial charge is 0.410 e. The lowest BCUT2D eigenvalue weighted by Crippen LogP contribution is -2.58. The molecule has 1 aromatic heterocycles. The van der Waals surface area contributed by atoms with E-state index in [0.717, 1.165) is 0 Å². The quantitative estimate of drug-likeness (QED) is 0.872. The van der Waals surface area contributed by atoms with Gasteiger partial charge in [-0.15, -0.1) is 10.2 Å². The number of aliphatic carboxylic acids is 1. The van der Waals surface area contributed by atoms with Crippen molar-refractivity contribution in [1.29, 1.82) is 0 Å². The van der Waals surface area contributed by atoms with E-state index in [1.165, 1.54) is 4.90 Å². The normalized spacial score (nSPS) is 18.7. The molecule has 0 spiro atoms. The summed E-state index contributed by atoms with van der Waals surface area (Å²) in [5, 5.41) is 17.3. The van der Waals surface area contributed by atoms with Crippen LogP contribution in [0.5, 0.6) is 0 Å². The number of rotatable bonds is 2. The second-order valence-corrected chi connectivity index (χ2v) is 6.58. The fourth-order valence-corrected chi connectivity index (χ4v) is 2.32. The van der Waals surface area contributed by atoms with Crippen molar-refractivity contribution in [2.24, 2.45) is 0 Å². The third-order valence-electron chi connectivity index (χ3n) is 3.23. The van der Waals surface area contributed by atoms with E-state index in [0.29, 0.717) is 18.9 Å². The van der Waals surface area contributed by atoms with Crippen molar-refractivity contribution in [2.45, 2.75) is 32.4 Å². The molecule has 8 nitrogen and oxygen atoms in total. The second-order valence-electron chi connectivity index (χ2n) is 6.19. The minimum Gasteiger partial charge on any atom is -0.480 e. The Morgan fingerprint density at radius 2 is 2.00 bits per heavy atom. The van der Waals surface area contributed by atoms with Gasteiger partial charge in [0, 0.05) is 13.1 Å². The molecule has 1 atom stereocenters. The molecule has 1 unspecified atom stereocenters. The maximum Gasteiger partial charge on any atom is 0.410 e. The van der Waals surface area contributed by atoms with Gasteiger partial charge in [-0.3, -0.25) is 0 Å². The molecule has 1 aromatic rings. The summed E-state index contributed by atoms with van der Waals surface area (Å²) in [6.45, 7) is 5.95. The van der Waals surface area contributed by atoms with Gasteiger partial charge in [0.05, 0.1) is 6.54 Å². The van der Waals surface area contributed by atoms with Crippen molar-refractivity contribution in [2.75, 3.05) is 24.5 Å². The van der Waals surface area contributed by atoms with Crippen molar-refractivity contribution >= 4 is 29.5 Å². The standard InChI is InChI=1S/C14H19ClN4O4/c1-14(2,3)23-13(22)18-6-7-19(9(8-18)12(20)21)11-5-4-10(15)16-17-11/h4-5,9H,6-8H2,1-3H3,(H,20,21). The fourth-order valence-electron chi connectivity index (χ4n) is 2.22. The molecule has 1 saturated heterocycles. The highest BCUT2D eigenvalue weighted by Crippen LogP contribution is 2.20. The molecule has 1 fully saturated rings. The number of halogens is 1.